The maximum Gasteiger partial charge on any atom is 0.339 e. The molecule has 1 unspecified atom stereocenters. The first-order valence-corrected chi connectivity index (χ1v) is 8.28. The lowest BCUT2D eigenvalue weighted by Gasteiger charge is -2.33. The van der Waals surface area contributed by atoms with E-state index in [2.05, 4.69) is 13.2 Å². The summed E-state index contributed by atoms with van der Waals surface area (Å²) in [6.45, 7) is 10.7. The van der Waals surface area contributed by atoms with E-state index >= 15 is 0 Å². The maximum absolute atomic E-state index is 14.5. The quantitative estimate of drug-likeness (QED) is 0.309. The van der Waals surface area contributed by atoms with E-state index in [1.807, 2.05) is 6.92 Å². The summed E-state index contributed by atoms with van der Waals surface area (Å²) in [5.41, 5.74) is -3.04. The third kappa shape index (κ3) is 4.04. The first-order chi connectivity index (χ1) is 11.4. The van der Waals surface area contributed by atoms with Crippen LogP contribution in [-0.2, 0) is 0 Å². The molecule has 0 radical (unpaired) electrons. The fourth-order valence-electron chi connectivity index (χ4n) is 2.71. The molecule has 0 aliphatic heterocycles. The summed E-state index contributed by atoms with van der Waals surface area (Å²) in [5.74, 6) is -13.0. The van der Waals surface area contributed by atoms with Gasteiger partial charge in [-0.05, 0) is 37.7 Å². The van der Waals surface area contributed by atoms with E-state index in [1.165, 1.54) is 13.8 Å². The molecule has 0 nitrogen and oxygen atoms in total. The molecule has 0 aromatic carbocycles. The highest BCUT2D eigenvalue weighted by molar-refractivity contribution is 5.47. The monoisotopic (exact) mass is 366 g/mol. The van der Waals surface area contributed by atoms with Crippen molar-refractivity contribution in [3.8, 4) is 0 Å². The van der Waals surface area contributed by atoms with E-state index in [1.54, 1.807) is 0 Å². The van der Waals surface area contributed by atoms with E-state index in [0.29, 0.717) is 12.8 Å². The van der Waals surface area contributed by atoms with Crippen molar-refractivity contribution >= 4 is 0 Å². The number of rotatable bonds is 8. The van der Waals surface area contributed by atoms with Crippen molar-refractivity contribution in [2.75, 3.05) is 0 Å². The van der Waals surface area contributed by atoms with E-state index < -0.39 is 46.1 Å². The van der Waals surface area contributed by atoms with Gasteiger partial charge in [0.05, 0.1) is 0 Å². The van der Waals surface area contributed by atoms with Crippen LogP contribution >= 0.6 is 0 Å². The van der Waals surface area contributed by atoms with Crippen LogP contribution in [0, 0.1) is 5.92 Å². The Morgan fingerprint density at radius 2 is 1.60 bits per heavy atom. The average molecular weight is 366 g/mol. The molecule has 6 heteroatoms. The highest BCUT2D eigenvalue weighted by atomic mass is 19.3. The van der Waals surface area contributed by atoms with Gasteiger partial charge in [-0.1, -0.05) is 39.8 Å². The first-order valence-electron chi connectivity index (χ1n) is 8.28. The molecule has 0 aromatic rings. The lowest BCUT2D eigenvalue weighted by atomic mass is 9.83. The van der Waals surface area contributed by atoms with Crippen molar-refractivity contribution in [1.82, 2.24) is 0 Å². The van der Waals surface area contributed by atoms with E-state index in [9.17, 15) is 26.3 Å². The molecule has 0 aromatic heterocycles. The molecule has 0 saturated heterocycles. The van der Waals surface area contributed by atoms with Gasteiger partial charge in [-0.2, -0.15) is 17.6 Å². The molecule has 1 rings (SSSR count). The van der Waals surface area contributed by atoms with Crippen LogP contribution in [0.15, 0.2) is 47.1 Å². The van der Waals surface area contributed by atoms with E-state index in [4.69, 9.17) is 0 Å². The standard InChI is InChI=1S/C19H24F6/c1-6-7-8-11(2)13(4)18(22,23)19(24,25)14(5)15-10-9-12(3)16(20)17(15)21/h11H,4-10H2,1-3H3. The van der Waals surface area contributed by atoms with Crippen LogP contribution in [0.25, 0.3) is 0 Å². The molecular formula is C19H24F6. The minimum atomic E-state index is -4.75. The van der Waals surface area contributed by atoms with Crippen LogP contribution < -0.4 is 0 Å². The van der Waals surface area contributed by atoms with Gasteiger partial charge >= 0.3 is 11.8 Å². The summed E-state index contributed by atoms with van der Waals surface area (Å²) in [4.78, 5) is 0. The number of unbranched alkanes of at least 4 members (excludes halogenated alkanes) is 1. The third-order valence-corrected chi connectivity index (χ3v) is 4.71. The van der Waals surface area contributed by atoms with Crippen LogP contribution in [0.4, 0.5) is 26.3 Å². The Morgan fingerprint density at radius 1 is 1.04 bits per heavy atom. The molecule has 1 aliphatic rings. The molecule has 0 bridgehead atoms. The highest BCUT2D eigenvalue weighted by Crippen LogP contribution is 2.50. The predicted octanol–water partition coefficient (Wildman–Crippen LogP) is 7.46. The fourth-order valence-corrected chi connectivity index (χ4v) is 2.71. The maximum atomic E-state index is 14.5. The summed E-state index contributed by atoms with van der Waals surface area (Å²) in [6, 6.07) is 0. The van der Waals surface area contributed by atoms with Crippen molar-refractivity contribution in [2.45, 2.75) is 64.7 Å². The Morgan fingerprint density at radius 3 is 2.12 bits per heavy atom. The summed E-state index contributed by atoms with van der Waals surface area (Å²) in [5, 5.41) is 0. The van der Waals surface area contributed by atoms with Gasteiger partial charge < -0.3 is 0 Å². The molecule has 25 heavy (non-hydrogen) atoms. The normalized spacial score (nSPS) is 17.8. The van der Waals surface area contributed by atoms with Crippen molar-refractivity contribution in [3.05, 3.63) is 47.1 Å². The molecule has 1 atom stereocenters. The number of allylic oxidation sites excluding steroid dienone is 6. The highest BCUT2D eigenvalue weighted by Gasteiger charge is 2.61. The first kappa shape index (κ1) is 21.6. The summed E-state index contributed by atoms with van der Waals surface area (Å²) in [7, 11) is 0. The fraction of sp³-hybridized carbons (Fsp3) is 0.579. The van der Waals surface area contributed by atoms with E-state index in [-0.39, 0.29) is 18.4 Å². The van der Waals surface area contributed by atoms with Gasteiger partial charge in [0.15, 0.2) is 11.7 Å². The molecule has 0 heterocycles. The Hall–Kier alpha value is -1.46. The van der Waals surface area contributed by atoms with Gasteiger partial charge in [-0.15, -0.1) is 0 Å². The Labute approximate surface area is 145 Å². The number of alkyl halides is 4. The zero-order valence-corrected chi connectivity index (χ0v) is 14.8. The zero-order chi connectivity index (χ0) is 19.6. The van der Waals surface area contributed by atoms with Crippen LogP contribution in [-0.4, -0.2) is 11.8 Å². The van der Waals surface area contributed by atoms with Crippen molar-refractivity contribution in [2.24, 2.45) is 5.92 Å². The van der Waals surface area contributed by atoms with Crippen LogP contribution in [0.5, 0.6) is 0 Å². The molecule has 0 N–H and O–H groups in total. The summed E-state index contributed by atoms with van der Waals surface area (Å²) >= 11 is 0. The SMILES string of the molecule is C=C(C1=C(F)C(F)=C(C)CC1)C(F)(F)C(F)(F)C(=C)C(C)CCCC. The molecule has 0 amide bonds. The van der Waals surface area contributed by atoms with Crippen molar-refractivity contribution in [3.63, 3.8) is 0 Å². The second kappa shape index (κ2) is 7.83. The topological polar surface area (TPSA) is 0 Å². The van der Waals surface area contributed by atoms with Gasteiger partial charge in [0.2, 0.25) is 0 Å². The average Bonchev–Trinajstić information content (AvgIpc) is 2.56. The smallest absolute Gasteiger partial charge is 0.204 e. The van der Waals surface area contributed by atoms with Crippen molar-refractivity contribution < 1.29 is 26.3 Å². The Balaban J connectivity index is 3.17. The molecule has 0 fully saturated rings. The molecule has 1 aliphatic carbocycles. The van der Waals surface area contributed by atoms with Gasteiger partial charge in [0.1, 0.15) is 0 Å². The van der Waals surface area contributed by atoms with Crippen LogP contribution in [0.2, 0.25) is 0 Å². The van der Waals surface area contributed by atoms with Crippen LogP contribution in [0.3, 0.4) is 0 Å². The second-order valence-electron chi connectivity index (χ2n) is 6.58. The number of hydrogen-bond donors (Lipinski definition) is 0. The Bertz CT molecular complexity index is 609. The van der Waals surface area contributed by atoms with E-state index in [0.717, 1.165) is 6.42 Å². The molecule has 142 valence electrons. The van der Waals surface area contributed by atoms with Crippen molar-refractivity contribution in [1.29, 1.82) is 0 Å². The molecule has 0 saturated carbocycles. The van der Waals surface area contributed by atoms with Crippen LogP contribution in [0.1, 0.15) is 52.9 Å². The minimum absolute atomic E-state index is 0.0247. The lowest BCUT2D eigenvalue weighted by molar-refractivity contribution is -0.163. The second-order valence-corrected chi connectivity index (χ2v) is 6.58. The van der Waals surface area contributed by atoms with Gasteiger partial charge in [-0.3, -0.25) is 0 Å². The number of hydrogen-bond acceptors (Lipinski definition) is 0. The molecule has 0 spiro atoms. The number of halogens is 6. The van der Waals surface area contributed by atoms with Gasteiger partial charge in [0.25, 0.3) is 0 Å². The largest absolute Gasteiger partial charge is 0.339 e. The van der Waals surface area contributed by atoms with Gasteiger partial charge in [0, 0.05) is 16.7 Å². The molecular weight excluding hydrogens is 342 g/mol. The summed E-state index contributed by atoms with van der Waals surface area (Å²) in [6.07, 6.45) is 1.30. The lowest BCUT2D eigenvalue weighted by Crippen LogP contribution is -2.45. The Kier molecular flexibility index (Phi) is 6.76. The third-order valence-electron chi connectivity index (χ3n) is 4.71. The minimum Gasteiger partial charge on any atom is -0.204 e. The predicted molar refractivity (Wildman–Crippen MR) is 88.0 cm³/mol. The summed E-state index contributed by atoms with van der Waals surface area (Å²) < 4.78 is 85.4. The van der Waals surface area contributed by atoms with Gasteiger partial charge in [-0.25, -0.2) is 8.78 Å². The zero-order valence-electron chi connectivity index (χ0n) is 14.8.